The molecule has 1 aromatic rings. The Hall–Kier alpha value is -2.46. The van der Waals surface area contributed by atoms with Crippen LogP contribution in [0, 0.1) is 11.8 Å². The fourth-order valence-electron chi connectivity index (χ4n) is 9.55. The second-order valence-corrected chi connectivity index (χ2v) is 18.6. The molecule has 0 amide bonds. The maximum absolute atomic E-state index is 12.1. The van der Waals surface area contributed by atoms with E-state index in [-0.39, 0.29) is 17.4 Å². The first-order chi connectivity index (χ1) is 31.9. The van der Waals surface area contributed by atoms with Crippen LogP contribution in [-0.4, -0.2) is 210 Å². The van der Waals surface area contributed by atoms with E-state index in [9.17, 15) is 66.4 Å². The van der Waals surface area contributed by atoms with Gasteiger partial charge in [0.25, 0.3) is 0 Å². The van der Waals surface area contributed by atoms with Gasteiger partial charge in [0.2, 0.25) is 12.6 Å². The molecule has 22 atom stereocenters. The summed E-state index contributed by atoms with van der Waals surface area (Å²) in [5, 5.41) is 140. The second-order valence-electron chi connectivity index (χ2n) is 18.6. The number of hydrogen-bond acceptors (Lipinski definition) is 21. The highest BCUT2D eigenvalue weighted by molar-refractivity contribution is 5.53. The zero-order chi connectivity index (χ0) is 49.0. The van der Waals surface area contributed by atoms with Crippen LogP contribution < -0.4 is 9.47 Å². The highest BCUT2D eigenvalue weighted by Gasteiger charge is 2.54. The summed E-state index contributed by atoms with van der Waals surface area (Å²) in [6.07, 6.45) is -24.6. The van der Waals surface area contributed by atoms with E-state index in [1.54, 1.807) is 12.1 Å². The molecule has 13 N–H and O–H groups in total. The first kappa shape index (κ1) is 53.9. The summed E-state index contributed by atoms with van der Waals surface area (Å²) in [5.74, 6) is -1.43. The normalized spacial score (nSPS) is 42.8. The summed E-state index contributed by atoms with van der Waals surface area (Å²) in [6.45, 7) is 8.56. The number of aryl methyl sites for hydroxylation is 1. The highest BCUT2D eigenvalue weighted by Crippen LogP contribution is 2.49. The van der Waals surface area contributed by atoms with Crippen LogP contribution in [0.15, 0.2) is 35.9 Å². The molecule has 4 aliphatic heterocycles. The van der Waals surface area contributed by atoms with Crippen LogP contribution in [0.3, 0.4) is 0 Å². The van der Waals surface area contributed by atoms with Gasteiger partial charge in [0.05, 0.1) is 32.5 Å². The summed E-state index contributed by atoms with van der Waals surface area (Å²) < 4.78 is 48.3. The maximum Gasteiger partial charge on any atom is 0.229 e. The Balaban J connectivity index is 1.37. The largest absolute Gasteiger partial charge is 0.462 e. The van der Waals surface area contributed by atoms with Crippen molar-refractivity contribution >= 4 is 0 Å². The van der Waals surface area contributed by atoms with Crippen molar-refractivity contribution in [2.45, 2.75) is 189 Å². The molecule has 4 heterocycles. The highest BCUT2D eigenvalue weighted by atomic mass is 16.8. The van der Waals surface area contributed by atoms with E-state index < -0.39 is 155 Å². The van der Waals surface area contributed by atoms with E-state index in [4.69, 9.17) is 37.9 Å². The van der Waals surface area contributed by atoms with E-state index >= 15 is 0 Å². The lowest BCUT2D eigenvalue weighted by atomic mass is 9.73. The van der Waals surface area contributed by atoms with Crippen molar-refractivity contribution in [2.24, 2.45) is 11.8 Å². The van der Waals surface area contributed by atoms with Gasteiger partial charge in [-0.05, 0) is 63.1 Å². The SMILES string of the molecule is C=C(C)C1CCC(C)=C[C@H]1c1c(O[C@H]2O[C@@H](CO)[C@H](O)[C@@H](O)[C@@H]2O)cc(CCCCC)cc1O[C@@H]1O[C@H](CO)[C@@H](O)[C@H](O[C@@H]2O[C@H](CO)[C@@H](O)[C@H](O[C@@H]3O[C@H](CO)[C@@H](O)[C@H](O)[C@H]3C)[C@H]2O)[C@H]1O. The van der Waals surface area contributed by atoms with Crippen LogP contribution in [0.4, 0.5) is 0 Å². The molecule has 0 radical (unpaired) electrons. The lowest BCUT2D eigenvalue weighted by Gasteiger charge is -2.48. The van der Waals surface area contributed by atoms with Gasteiger partial charge in [0, 0.05) is 17.4 Å². The van der Waals surface area contributed by atoms with Crippen molar-refractivity contribution in [3.8, 4) is 11.5 Å². The van der Waals surface area contributed by atoms with Gasteiger partial charge >= 0.3 is 0 Å². The van der Waals surface area contributed by atoms with Crippen LogP contribution in [-0.2, 0) is 34.8 Å². The van der Waals surface area contributed by atoms with Crippen LogP contribution >= 0.6 is 0 Å². The quantitative estimate of drug-likeness (QED) is 0.0544. The number of aliphatic hydroxyl groups excluding tert-OH is 13. The smallest absolute Gasteiger partial charge is 0.229 e. The summed E-state index contributed by atoms with van der Waals surface area (Å²) in [6, 6.07) is 3.48. The van der Waals surface area contributed by atoms with E-state index in [1.807, 2.05) is 26.8 Å². The second kappa shape index (κ2) is 23.6. The molecule has 21 heteroatoms. The van der Waals surface area contributed by atoms with E-state index in [2.05, 4.69) is 6.58 Å². The van der Waals surface area contributed by atoms with Gasteiger partial charge in [-0.2, -0.15) is 0 Å². The number of ether oxygens (including phenoxy) is 8. The molecule has 0 bridgehead atoms. The van der Waals surface area contributed by atoms with Gasteiger partial charge in [0.1, 0.15) is 97.0 Å². The van der Waals surface area contributed by atoms with Gasteiger partial charge in [-0.1, -0.05) is 50.5 Å². The Morgan fingerprint density at radius 3 is 1.60 bits per heavy atom. The molecule has 4 fully saturated rings. The molecule has 0 saturated carbocycles. The first-order valence-corrected chi connectivity index (χ1v) is 23.2. The molecule has 0 aromatic heterocycles. The minimum absolute atomic E-state index is 0.104. The van der Waals surface area contributed by atoms with Crippen LogP contribution in [0.1, 0.15) is 76.8 Å². The molecule has 1 aliphatic carbocycles. The molecule has 6 rings (SSSR count). The lowest BCUT2D eigenvalue weighted by molar-refractivity contribution is -0.374. The van der Waals surface area contributed by atoms with Crippen molar-refractivity contribution in [1.82, 2.24) is 0 Å². The zero-order valence-corrected chi connectivity index (χ0v) is 38.3. The van der Waals surface area contributed by atoms with Gasteiger partial charge in [-0.15, -0.1) is 0 Å². The predicted molar refractivity (Wildman–Crippen MR) is 231 cm³/mol. The van der Waals surface area contributed by atoms with Crippen molar-refractivity contribution in [3.05, 3.63) is 47.1 Å². The average molecular weight is 961 g/mol. The Bertz CT molecular complexity index is 1780. The monoisotopic (exact) mass is 960 g/mol. The number of unbranched alkanes of at least 4 members (excludes halogenated alkanes) is 2. The Morgan fingerprint density at radius 2 is 1.07 bits per heavy atom. The predicted octanol–water partition coefficient (Wildman–Crippen LogP) is -2.28. The Kier molecular flexibility index (Phi) is 19.0. The van der Waals surface area contributed by atoms with Crippen molar-refractivity contribution < 1.29 is 104 Å². The van der Waals surface area contributed by atoms with Crippen LogP contribution in [0.5, 0.6) is 11.5 Å². The molecule has 4 saturated heterocycles. The van der Waals surface area contributed by atoms with E-state index in [1.165, 1.54) is 6.92 Å². The number of benzene rings is 1. The minimum atomic E-state index is -1.94. The Morgan fingerprint density at radius 1 is 0.612 bits per heavy atom. The zero-order valence-electron chi connectivity index (χ0n) is 38.3. The third-order valence-electron chi connectivity index (χ3n) is 13.7. The lowest BCUT2D eigenvalue weighted by Crippen LogP contribution is -2.66. The van der Waals surface area contributed by atoms with Crippen LogP contribution in [0.2, 0.25) is 0 Å². The van der Waals surface area contributed by atoms with Crippen molar-refractivity contribution in [3.63, 3.8) is 0 Å². The molecule has 1 unspecified atom stereocenters. The first-order valence-electron chi connectivity index (χ1n) is 23.2. The standard InChI is InChI=1S/C46H72O21/c1-6-7-8-9-22-13-25(60-44-38(57)37(56)34(53)28(16-48)63-44)31(24-12-20(4)10-11-23(24)19(2)3)26(14-22)61-45-39(58)42(36(55)29(17-49)64-45)67-46-40(59)41(35(54)30(18-50)65-46)66-43-21(5)32(51)33(52)27(15-47)62-43/h12-14,21,23-24,27-30,32-59H,2,6-11,15-18H2,1,3-5H3/t21-,23?,24-,27-,28+,29-,30-,32-,33-,34+,35-,36-,37-,38+,39-,40-,41+,42+,43+,44+,45-,46+/m1/s1. The number of hydrogen-bond donors (Lipinski definition) is 13. The number of aliphatic hydroxyl groups is 13. The van der Waals surface area contributed by atoms with Gasteiger partial charge in [0.15, 0.2) is 12.6 Å². The third kappa shape index (κ3) is 11.7. The number of rotatable bonds is 18. The molecule has 5 aliphatic rings. The summed E-state index contributed by atoms with van der Waals surface area (Å²) >= 11 is 0. The van der Waals surface area contributed by atoms with Crippen LogP contribution in [0.25, 0.3) is 0 Å². The minimum Gasteiger partial charge on any atom is -0.462 e. The maximum atomic E-state index is 12.1. The molecular weight excluding hydrogens is 888 g/mol. The van der Waals surface area contributed by atoms with E-state index in [0.29, 0.717) is 24.0 Å². The molecule has 21 nitrogen and oxygen atoms in total. The average Bonchev–Trinajstić information content (AvgIpc) is 3.30. The summed E-state index contributed by atoms with van der Waals surface area (Å²) in [7, 11) is 0. The molecule has 0 spiro atoms. The number of allylic oxidation sites excluding steroid dienone is 3. The van der Waals surface area contributed by atoms with Crippen molar-refractivity contribution in [1.29, 1.82) is 0 Å². The molecule has 382 valence electrons. The fraction of sp³-hybridized carbons (Fsp3) is 0.783. The summed E-state index contributed by atoms with van der Waals surface area (Å²) in [5.41, 5.74) is 2.90. The Labute approximate surface area is 389 Å². The van der Waals surface area contributed by atoms with Gasteiger partial charge in [-0.25, -0.2) is 0 Å². The van der Waals surface area contributed by atoms with Gasteiger partial charge in [-0.3, -0.25) is 0 Å². The third-order valence-corrected chi connectivity index (χ3v) is 13.7. The van der Waals surface area contributed by atoms with E-state index in [0.717, 1.165) is 36.8 Å². The fourth-order valence-corrected chi connectivity index (χ4v) is 9.55. The summed E-state index contributed by atoms with van der Waals surface area (Å²) in [4.78, 5) is 0. The molecular formula is C46H72O21. The topological polar surface area (TPSA) is 337 Å². The van der Waals surface area contributed by atoms with Gasteiger partial charge < -0.3 is 104 Å². The molecule has 1 aromatic carbocycles. The van der Waals surface area contributed by atoms with Crippen molar-refractivity contribution in [2.75, 3.05) is 26.4 Å². The molecule has 67 heavy (non-hydrogen) atoms.